The number of hydrogen-bond acceptors (Lipinski definition) is 2. The smallest absolute Gasteiger partial charge is 0.161 e. The highest BCUT2D eigenvalue weighted by Gasteiger charge is 2.11. The Labute approximate surface area is 117 Å². The predicted octanol–water partition coefficient (Wildman–Crippen LogP) is 4.17. The van der Waals surface area contributed by atoms with Crippen molar-refractivity contribution in [3.05, 3.63) is 60.3 Å². The van der Waals surface area contributed by atoms with Gasteiger partial charge in [0.25, 0.3) is 0 Å². The molecule has 3 aromatic rings. The van der Waals surface area contributed by atoms with Crippen LogP contribution in [-0.4, -0.2) is 10.4 Å². The standard InChI is InChI=1S/C17H15NO2/c1-12(19)16-11-18(2)17-9-8-14(10-15(16)17)20-13-6-4-3-5-7-13/h3-11H,1-2H3. The third kappa shape index (κ3) is 2.18. The fraction of sp³-hybridized carbons (Fsp3) is 0.118. The highest BCUT2D eigenvalue weighted by atomic mass is 16.5. The van der Waals surface area contributed by atoms with Crippen LogP contribution in [0.15, 0.2) is 54.7 Å². The average molecular weight is 265 g/mol. The van der Waals surface area contributed by atoms with Gasteiger partial charge >= 0.3 is 0 Å². The number of ether oxygens (including phenoxy) is 1. The summed E-state index contributed by atoms with van der Waals surface area (Å²) in [5.74, 6) is 1.58. The van der Waals surface area contributed by atoms with E-state index in [1.54, 1.807) is 6.92 Å². The monoisotopic (exact) mass is 265 g/mol. The summed E-state index contributed by atoms with van der Waals surface area (Å²) in [7, 11) is 1.94. The topological polar surface area (TPSA) is 31.2 Å². The van der Waals surface area contributed by atoms with Crippen molar-refractivity contribution in [2.24, 2.45) is 7.05 Å². The maximum Gasteiger partial charge on any atom is 0.161 e. The SMILES string of the molecule is CC(=O)c1cn(C)c2ccc(Oc3ccccc3)cc12. The Morgan fingerprint density at radius 1 is 1.05 bits per heavy atom. The summed E-state index contributed by atoms with van der Waals surface area (Å²) in [6.45, 7) is 1.58. The minimum Gasteiger partial charge on any atom is -0.457 e. The van der Waals surface area contributed by atoms with Crippen LogP contribution in [0.1, 0.15) is 17.3 Å². The molecule has 3 rings (SSSR count). The van der Waals surface area contributed by atoms with E-state index in [1.807, 2.05) is 66.3 Å². The molecule has 1 aromatic heterocycles. The van der Waals surface area contributed by atoms with E-state index in [-0.39, 0.29) is 5.78 Å². The molecule has 2 aromatic carbocycles. The van der Waals surface area contributed by atoms with Crippen molar-refractivity contribution >= 4 is 16.7 Å². The predicted molar refractivity (Wildman–Crippen MR) is 79.4 cm³/mol. The molecule has 100 valence electrons. The molecule has 3 nitrogen and oxygen atoms in total. The molecule has 0 saturated heterocycles. The first kappa shape index (κ1) is 12.5. The van der Waals surface area contributed by atoms with Gasteiger partial charge in [-0.15, -0.1) is 0 Å². The third-order valence-corrected chi connectivity index (χ3v) is 3.32. The van der Waals surface area contributed by atoms with E-state index in [9.17, 15) is 4.79 Å². The van der Waals surface area contributed by atoms with Gasteiger partial charge in [0, 0.05) is 29.7 Å². The van der Waals surface area contributed by atoms with Crippen molar-refractivity contribution in [2.45, 2.75) is 6.92 Å². The van der Waals surface area contributed by atoms with Crippen LogP contribution in [0.3, 0.4) is 0 Å². The van der Waals surface area contributed by atoms with Crippen molar-refractivity contribution in [2.75, 3.05) is 0 Å². The molecule has 0 N–H and O–H groups in total. The van der Waals surface area contributed by atoms with Gasteiger partial charge in [-0.2, -0.15) is 0 Å². The number of rotatable bonds is 3. The molecule has 0 fully saturated rings. The number of hydrogen-bond donors (Lipinski definition) is 0. The Hall–Kier alpha value is -2.55. The van der Waals surface area contributed by atoms with Gasteiger partial charge in [-0.1, -0.05) is 18.2 Å². The van der Waals surface area contributed by atoms with Crippen LogP contribution in [0.25, 0.3) is 10.9 Å². The maximum absolute atomic E-state index is 11.7. The number of fused-ring (bicyclic) bond motifs is 1. The van der Waals surface area contributed by atoms with Gasteiger partial charge in [-0.3, -0.25) is 4.79 Å². The lowest BCUT2D eigenvalue weighted by Gasteiger charge is -2.06. The van der Waals surface area contributed by atoms with Gasteiger partial charge in [0.2, 0.25) is 0 Å². The molecule has 0 aliphatic carbocycles. The zero-order valence-corrected chi connectivity index (χ0v) is 11.5. The van der Waals surface area contributed by atoms with Gasteiger partial charge in [0.1, 0.15) is 11.5 Å². The lowest BCUT2D eigenvalue weighted by atomic mass is 10.1. The first-order valence-corrected chi connectivity index (χ1v) is 6.48. The molecule has 0 amide bonds. The number of nitrogens with zero attached hydrogens (tertiary/aromatic N) is 1. The number of para-hydroxylation sites is 1. The minimum atomic E-state index is 0.0625. The van der Waals surface area contributed by atoms with Crippen molar-refractivity contribution in [3.8, 4) is 11.5 Å². The van der Waals surface area contributed by atoms with Gasteiger partial charge in [0.05, 0.1) is 0 Å². The first-order valence-electron chi connectivity index (χ1n) is 6.48. The van der Waals surface area contributed by atoms with Crippen LogP contribution in [-0.2, 0) is 7.05 Å². The van der Waals surface area contributed by atoms with Crippen molar-refractivity contribution < 1.29 is 9.53 Å². The Morgan fingerprint density at radius 3 is 2.50 bits per heavy atom. The molecule has 0 spiro atoms. The zero-order valence-electron chi connectivity index (χ0n) is 11.5. The summed E-state index contributed by atoms with van der Waals surface area (Å²) in [5, 5.41) is 0.924. The van der Waals surface area contributed by atoms with Crippen LogP contribution in [0.4, 0.5) is 0 Å². The first-order chi connectivity index (χ1) is 9.65. The number of carbonyl (C=O) groups excluding carboxylic acids is 1. The van der Waals surface area contributed by atoms with E-state index >= 15 is 0 Å². The summed E-state index contributed by atoms with van der Waals surface area (Å²) in [6, 6.07) is 15.4. The lowest BCUT2D eigenvalue weighted by molar-refractivity contribution is 0.101. The largest absolute Gasteiger partial charge is 0.457 e. The average Bonchev–Trinajstić information content (AvgIpc) is 2.77. The number of ketones is 1. The number of aromatic nitrogens is 1. The van der Waals surface area contributed by atoms with E-state index in [2.05, 4.69) is 0 Å². The van der Waals surface area contributed by atoms with Gasteiger partial charge in [0.15, 0.2) is 5.78 Å². The second-order valence-corrected chi connectivity index (χ2v) is 4.80. The molecule has 3 heteroatoms. The minimum absolute atomic E-state index is 0.0625. The molecule has 0 unspecified atom stereocenters. The molecule has 20 heavy (non-hydrogen) atoms. The summed E-state index contributed by atoms with van der Waals surface area (Å²) in [6.07, 6.45) is 1.86. The number of aryl methyl sites for hydroxylation is 1. The highest BCUT2D eigenvalue weighted by molar-refractivity contribution is 6.07. The Bertz CT molecular complexity index is 772. The van der Waals surface area contributed by atoms with Gasteiger partial charge < -0.3 is 9.30 Å². The number of benzene rings is 2. The maximum atomic E-state index is 11.7. The van der Waals surface area contributed by atoms with E-state index in [0.717, 1.165) is 28.0 Å². The van der Waals surface area contributed by atoms with Crippen LogP contribution in [0, 0.1) is 0 Å². The fourth-order valence-electron chi connectivity index (χ4n) is 2.34. The summed E-state index contributed by atoms with van der Waals surface area (Å²) >= 11 is 0. The Morgan fingerprint density at radius 2 is 1.80 bits per heavy atom. The molecule has 0 radical (unpaired) electrons. The van der Waals surface area contributed by atoms with E-state index < -0.39 is 0 Å². The summed E-state index contributed by atoms with van der Waals surface area (Å²) in [5.41, 5.74) is 1.75. The Kier molecular flexibility index (Phi) is 3.03. The Balaban J connectivity index is 2.06. The molecule has 0 bridgehead atoms. The lowest BCUT2D eigenvalue weighted by Crippen LogP contribution is -1.89. The molecule has 0 atom stereocenters. The van der Waals surface area contributed by atoms with Crippen molar-refractivity contribution in [1.82, 2.24) is 4.57 Å². The molecule has 0 saturated carbocycles. The van der Waals surface area contributed by atoms with Crippen LogP contribution in [0.2, 0.25) is 0 Å². The highest BCUT2D eigenvalue weighted by Crippen LogP contribution is 2.28. The second kappa shape index (κ2) is 4.85. The zero-order chi connectivity index (χ0) is 14.1. The quantitative estimate of drug-likeness (QED) is 0.665. The molecular formula is C17H15NO2. The number of carbonyl (C=O) groups is 1. The van der Waals surface area contributed by atoms with Crippen LogP contribution >= 0.6 is 0 Å². The molecule has 1 heterocycles. The van der Waals surface area contributed by atoms with E-state index in [0.29, 0.717) is 0 Å². The van der Waals surface area contributed by atoms with Crippen LogP contribution in [0.5, 0.6) is 11.5 Å². The van der Waals surface area contributed by atoms with E-state index in [4.69, 9.17) is 4.74 Å². The van der Waals surface area contributed by atoms with Crippen LogP contribution < -0.4 is 4.74 Å². The van der Waals surface area contributed by atoms with Crippen molar-refractivity contribution in [1.29, 1.82) is 0 Å². The summed E-state index contributed by atoms with van der Waals surface area (Å²) in [4.78, 5) is 11.7. The second-order valence-electron chi connectivity index (χ2n) is 4.80. The third-order valence-electron chi connectivity index (χ3n) is 3.32. The number of Topliss-reactive ketones (excluding diaryl/α,β-unsaturated/α-hetero) is 1. The normalized spacial score (nSPS) is 10.7. The van der Waals surface area contributed by atoms with E-state index in [1.165, 1.54) is 0 Å². The molecule has 0 aliphatic heterocycles. The van der Waals surface area contributed by atoms with Crippen molar-refractivity contribution in [3.63, 3.8) is 0 Å². The molecular weight excluding hydrogens is 250 g/mol. The fourth-order valence-corrected chi connectivity index (χ4v) is 2.34. The van der Waals surface area contributed by atoms with Gasteiger partial charge in [-0.25, -0.2) is 0 Å². The summed E-state index contributed by atoms with van der Waals surface area (Å²) < 4.78 is 7.77. The van der Waals surface area contributed by atoms with Gasteiger partial charge in [-0.05, 0) is 37.3 Å². The molecule has 0 aliphatic rings.